The van der Waals surface area contributed by atoms with Crippen molar-refractivity contribution in [1.82, 2.24) is 5.32 Å². The first-order chi connectivity index (χ1) is 10.1. The van der Waals surface area contributed by atoms with E-state index in [4.69, 9.17) is 4.42 Å². The Morgan fingerprint density at radius 1 is 1.33 bits per heavy atom. The molecule has 1 aromatic carbocycles. The lowest BCUT2D eigenvalue weighted by molar-refractivity contribution is 0.0884. The Kier molecular flexibility index (Phi) is 5.11. The van der Waals surface area contributed by atoms with Gasteiger partial charge in [0.05, 0.1) is 11.7 Å². The molecule has 0 aliphatic rings. The van der Waals surface area contributed by atoms with E-state index in [0.717, 1.165) is 6.42 Å². The first kappa shape index (κ1) is 15.3. The lowest BCUT2D eigenvalue weighted by Crippen LogP contribution is -2.31. The Morgan fingerprint density at radius 2 is 2.10 bits per heavy atom. The quantitative estimate of drug-likeness (QED) is 0.860. The zero-order chi connectivity index (χ0) is 15.2. The Bertz CT molecular complexity index is 609. The summed E-state index contributed by atoms with van der Waals surface area (Å²) in [7, 11) is 0. The molecule has 0 radical (unpaired) electrons. The molecule has 1 aromatic heterocycles. The van der Waals surface area contributed by atoms with Gasteiger partial charge in [-0.2, -0.15) is 0 Å². The van der Waals surface area contributed by atoms with Crippen molar-refractivity contribution in [1.29, 1.82) is 0 Å². The lowest BCUT2D eigenvalue weighted by Gasteiger charge is -2.09. The van der Waals surface area contributed by atoms with Gasteiger partial charge in [-0.1, -0.05) is 25.5 Å². The van der Waals surface area contributed by atoms with E-state index in [1.165, 1.54) is 12.1 Å². The molecule has 5 heteroatoms. The minimum Gasteiger partial charge on any atom is -0.451 e. The Balaban J connectivity index is 2.03. The molecule has 21 heavy (non-hydrogen) atoms. The highest BCUT2D eigenvalue weighted by molar-refractivity contribution is 5.92. The SMILES string of the molecule is CCCC(O)CNC(=O)c1ccc(-c2ccccc2F)o1. The Labute approximate surface area is 122 Å². The smallest absolute Gasteiger partial charge is 0.287 e. The van der Waals surface area contributed by atoms with Crippen molar-refractivity contribution >= 4 is 5.91 Å². The van der Waals surface area contributed by atoms with Gasteiger partial charge in [0.1, 0.15) is 11.6 Å². The van der Waals surface area contributed by atoms with Crippen LogP contribution in [0.1, 0.15) is 30.3 Å². The fraction of sp³-hybridized carbons (Fsp3) is 0.312. The van der Waals surface area contributed by atoms with Gasteiger partial charge in [-0.25, -0.2) is 4.39 Å². The number of aliphatic hydroxyl groups excluding tert-OH is 1. The fourth-order valence-electron chi connectivity index (χ4n) is 2.00. The molecule has 2 aromatic rings. The van der Waals surface area contributed by atoms with Crippen molar-refractivity contribution in [2.45, 2.75) is 25.9 Å². The third-order valence-corrected chi connectivity index (χ3v) is 3.09. The number of nitrogens with one attached hydrogen (secondary N) is 1. The molecule has 0 saturated heterocycles. The van der Waals surface area contributed by atoms with Crippen molar-refractivity contribution in [3.63, 3.8) is 0 Å². The number of furan rings is 1. The fourth-order valence-corrected chi connectivity index (χ4v) is 2.00. The van der Waals surface area contributed by atoms with Gasteiger partial charge in [-0.05, 0) is 30.7 Å². The predicted molar refractivity (Wildman–Crippen MR) is 77.4 cm³/mol. The van der Waals surface area contributed by atoms with Gasteiger partial charge in [0.15, 0.2) is 5.76 Å². The summed E-state index contributed by atoms with van der Waals surface area (Å²) in [6, 6.07) is 9.24. The number of hydrogen-bond donors (Lipinski definition) is 2. The number of amides is 1. The van der Waals surface area contributed by atoms with Gasteiger partial charge in [0.2, 0.25) is 0 Å². The number of benzene rings is 1. The average Bonchev–Trinajstić information content (AvgIpc) is 2.95. The molecule has 2 rings (SSSR count). The maximum atomic E-state index is 13.6. The van der Waals surface area contributed by atoms with Crippen LogP contribution in [0.2, 0.25) is 0 Å². The van der Waals surface area contributed by atoms with Gasteiger partial charge in [0.25, 0.3) is 5.91 Å². The summed E-state index contributed by atoms with van der Waals surface area (Å²) in [5, 5.41) is 12.2. The molecule has 112 valence electrons. The summed E-state index contributed by atoms with van der Waals surface area (Å²) in [6.45, 7) is 2.13. The average molecular weight is 291 g/mol. The summed E-state index contributed by atoms with van der Waals surface area (Å²) in [5.74, 6) is -0.436. The van der Waals surface area contributed by atoms with Crippen molar-refractivity contribution in [2.75, 3.05) is 6.54 Å². The Hall–Kier alpha value is -2.14. The number of carbonyl (C=O) groups excluding carboxylic acids is 1. The normalized spacial score (nSPS) is 12.1. The van der Waals surface area contributed by atoms with Crippen LogP contribution in [0, 0.1) is 5.82 Å². The van der Waals surface area contributed by atoms with E-state index in [2.05, 4.69) is 5.32 Å². The summed E-state index contributed by atoms with van der Waals surface area (Å²) in [4.78, 5) is 11.9. The standard InChI is InChI=1S/C16H18FNO3/c1-2-5-11(19)10-18-16(20)15-9-8-14(21-15)12-6-3-4-7-13(12)17/h3-4,6-9,11,19H,2,5,10H2,1H3,(H,18,20). The number of rotatable bonds is 6. The third kappa shape index (κ3) is 3.92. The van der Waals surface area contributed by atoms with Crippen LogP contribution in [0.25, 0.3) is 11.3 Å². The van der Waals surface area contributed by atoms with Gasteiger partial charge in [-0.3, -0.25) is 4.79 Å². The van der Waals surface area contributed by atoms with Crippen LogP contribution in [0.3, 0.4) is 0 Å². The summed E-state index contributed by atoms with van der Waals surface area (Å²) in [5.41, 5.74) is 0.308. The number of hydrogen-bond acceptors (Lipinski definition) is 3. The van der Waals surface area contributed by atoms with Crippen LogP contribution < -0.4 is 5.32 Å². The maximum absolute atomic E-state index is 13.6. The molecular weight excluding hydrogens is 273 g/mol. The third-order valence-electron chi connectivity index (χ3n) is 3.09. The monoisotopic (exact) mass is 291 g/mol. The molecule has 0 fully saturated rings. The molecule has 1 unspecified atom stereocenters. The molecule has 0 bridgehead atoms. The van der Waals surface area contributed by atoms with Gasteiger partial charge in [0, 0.05) is 6.54 Å². The van der Waals surface area contributed by atoms with Crippen LogP contribution >= 0.6 is 0 Å². The molecule has 2 N–H and O–H groups in total. The number of carbonyl (C=O) groups is 1. The summed E-state index contributed by atoms with van der Waals surface area (Å²) < 4.78 is 19.0. The van der Waals surface area contributed by atoms with Crippen molar-refractivity contribution in [3.05, 3.63) is 48.0 Å². The molecule has 0 spiro atoms. The van der Waals surface area contributed by atoms with Crippen molar-refractivity contribution in [3.8, 4) is 11.3 Å². The minimum atomic E-state index is -0.569. The van der Waals surface area contributed by atoms with Crippen LogP contribution in [0.4, 0.5) is 4.39 Å². The van der Waals surface area contributed by atoms with Crippen molar-refractivity contribution in [2.24, 2.45) is 0 Å². The molecule has 0 aliphatic heterocycles. The summed E-state index contributed by atoms with van der Waals surface area (Å²) in [6.07, 6.45) is 0.897. The maximum Gasteiger partial charge on any atom is 0.287 e. The van der Waals surface area contributed by atoms with E-state index in [1.54, 1.807) is 24.3 Å². The van der Waals surface area contributed by atoms with Gasteiger partial charge < -0.3 is 14.8 Å². The molecule has 1 atom stereocenters. The topological polar surface area (TPSA) is 62.5 Å². The zero-order valence-corrected chi connectivity index (χ0v) is 11.8. The van der Waals surface area contributed by atoms with E-state index in [1.807, 2.05) is 6.92 Å². The highest BCUT2D eigenvalue weighted by Crippen LogP contribution is 2.24. The lowest BCUT2D eigenvalue weighted by atomic mass is 10.1. The first-order valence-electron chi connectivity index (χ1n) is 6.92. The number of aliphatic hydroxyl groups is 1. The van der Waals surface area contributed by atoms with E-state index in [0.29, 0.717) is 17.7 Å². The van der Waals surface area contributed by atoms with Gasteiger partial charge >= 0.3 is 0 Å². The Morgan fingerprint density at radius 3 is 2.81 bits per heavy atom. The van der Waals surface area contributed by atoms with E-state index in [-0.39, 0.29) is 12.3 Å². The second-order valence-electron chi connectivity index (χ2n) is 4.80. The second-order valence-corrected chi connectivity index (χ2v) is 4.80. The molecule has 0 saturated carbocycles. The van der Waals surface area contributed by atoms with Gasteiger partial charge in [-0.15, -0.1) is 0 Å². The first-order valence-corrected chi connectivity index (χ1v) is 6.92. The van der Waals surface area contributed by atoms with Crippen LogP contribution in [0.5, 0.6) is 0 Å². The van der Waals surface area contributed by atoms with Crippen LogP contribution in [-0.4, -0.2) is 23.7 Å². The second kappa shape index (κ2) is 7.04. The van der Waals surface area contributed by atoms with E-state index >= 15 is 0 Å². The highest BCUT2D eigenvalue weighted by atomic mass is 19.1. The molecule has 4 nitrogen and oxygen atoms in total. The van der Waals surface area contributed by atoms with E-state index in [9.17, 15) is 14.3 Å². The van der Waals surface area contributed by atoms with Crippen LogP contribution in [-0.2, 0) is 0 Å². The predicted octanol–water partition coefficient (Wildman–Crippen LogP) is 2.98. The largest absolute Gasteiger partial charge is 0.451 e. The highest BCUT2D eigenvalue weighted by Gasteiger charge is 2.15. The zero-order valence-electron chi connectivity index (χ0n) is 11.8. The molecule has 1 heterocycles. The summed E-state index contributed by atoms with van der Waals surface area (Å²) >= 11 is 0. The van der Waals surface area contributed by atoms with Crippen molar-refractivity contribution < 1.29 is 18.7 Å². The molecule has 0 aliphatic carbocycles. The minimum absolute atomic E-state index is 0.0944. The van der Waals surface area contributed by atoms with Crippen LogP contribution in [0.15, 0.2) is 40.8 Å². The molecular formula is C16H18FNO3. The molecule has 1 amide bonds. The number of halogens is 1. The van der Waals surface area contributed by atoms with E-state index < -0.39 is 17.8 Å².